The molecule has 0 amide bonds. The van der Waals surface area contributed by atoms with E-state index in [-0.39, 0.29) is 12.8 Å². The fraction of sp³-hybridized carbons (Fsp3) is 1.00. The standard InChI is InChI=1S/C21H43FO/c1-2-3-4-5-6-7-8-9-10-12-15-18-21(23)19-16-13-11-14-17-20-22/h21,23H,2-20H2,1H3. The number of rotatable bonds is 19. The summed E-state index contributed by atoms with van der Waals surface area (Å²) in [4.78, 5) is 0. The third-order valence-corrected chi connectivity index (χ3v) is 4.81. The number of aliphatic hydroxyl groups excluding tert-OH is 1. The first-order valence-electron chi connectivity index (χ1n) is 10.5. The van der Waals surface area contributed by atoms with Gasteiger partial charge < -0.3 is 5.11 Å². The molecule has 0 saturated heterocycles. The number of aliphatic hydroxyl groups is 1. The van der Waals surface area contributed by atoms with E-state index in [9.17, 15) is 9.50 Å². The van der Waals surface area contributed by atoms with E-state index < -0.39 is 0 Å². The molecule has 0 aliphatic carbocycles. The van der Waals surface area contributed by atoms with E-state index >= 15 is 0 Å². The first kappa shape index (κ1) is 22.9. The quantitative estimate of drug-likeness (QED) is 0.245. The number of alkyl halides is 1. The van der Waals surface area contributed by atoms with E-state index in [4.69, 9.17) is 0 Å². The highest BCUT2D eigenvalue weighted by Gasteiger charge is 2.03. The Bertz CT molecular complexity index is 208. The fourth-order valence-corrected chi connectivity index (χ4v) is 3.19. The first-order valence-corrected chi connectivity index (χ1v) is 10.5. The van der Waals surface area contributed by atoms with Gasteiger partial charge >= 0.3 is 0 Å². The van der Waals surface area contributed by atoms with Crippen LogP contribution in [-0.4, -0.2) is 17.9 Å². The molecule has 0 rings (SSSR count). The third-order valence-electron chi connectivity index (χ3n) is 4.81. The molecule has 1 atom stereocenters. The van der Waals surface area contributed by atoms with Crippen molar-refractivity contribution in [1.29, 1.82) is 0 Å². The smallest absolute Gasteiger partial charge is 0.0894 e. The molecule has 0 aromatic rings. The molecule has 0 radical (unpaired) electrons. The maximum absolute atomic E-state index is 11.9. The van der Waals surface area contributed by atoms with Crippen LogP contribution in [0, 0.1) is 0 Å². The summed E-state index contributed by atoms with van der Waals surface area (Å²) in [5.41, 5.74) is 0. The lowest BCUT2D eigenvalue weighted by atomic mass is 10.0. The van der Waals surface area contributed by atoms with Crippen LogP contribution in [0.4, 0.5) is 4.39 Å². The van der Waals surface area contributed by atoms with Crippen LogP contribution in [0.3, 0.4) is 0 Å². The Morgan fingerprint density at radius 3 is 1.30 bits per heavy atom. The number of unbranched alkanes of at least 4 members (excludes halogenated alkanes) is 14. The Morgan fingerprint density at radius 2 is 0.913 bits per heavy atom. The second-order valence-electron chi connectivity index (χ2n) is 7.22. The van der Waals surface area contributed by atoms with E-state index in [0.29, 0.717) is 6.42 Å². The Hall–Kier alpha value is -0.110. The second kappa shape index (κ2) is 19.9. The van der Waals surface area contributed by atoms with Crippen LogP contribution in [0.5, 0.6) is 0 Å². The molecule has 0 bridgehead atoms. The molecule has 1 nitrogen and oxygen atoms in total. The van der Waals surface area contributed by atoms with Gasteiger partial charge in [0.2, 0.25) is 0 Å². The van der Waals surface area contributed by atoms with Gasteiger partial charge in [-0.15, -0.1) is 0 Å². The van der Waals surface area contributed by atoms with Crippen molar-refractivity contribution in [2.75, 3.05) is 6.67 Å². The highest BCUT2D eigenvalue weighted by molar-refractivity contribution is 4.57. The Kier molecular flexibility index (Phi) is 19.8. The van der Waals surface area contributed by atoms with Gasteiger partial charge in [0.1, 0.15) is 0 Å². The predicted molar refractivity (Wildman–Crippen MR) is 101 cm³/mol. The summed E-state index contributed by atoms with van der Waals surface area (Å²) in [7, 11) is 0. The largest absolute Gasteiger partial charge is 0.393 e. The zero-order valence-electron chi connectivity index (χ0n) is 15.8. The zero-order chi connectivity index (χ0) is 17.0. The monoisotopic (exact) mass is 330 g/mol. The summed E-state index contributed by atoms with van der Waals surface area (Å²) in [6.07, 6.45) is 21.9. The molecule has 1 unspecified atom stereocenters. The summed E-state index contributed by atoms with van der Waals surface area (Å²) in [5.74, 6) is 0. The van der Waals surface area contributed by atoms with Gasteiger partial charge in [0.15, 0.2) is 0 Å². The normalized spacial score (nSPS) is 12.7. The van der Waals surface area contributed by atoms with Crippen LogP contribution < -0.4 is 0 Å². The van der Waals surface area contributed by atoms with E-state index in [1.165, 1.54) is 70.6 Å². The van der Waals surface area contributed by atoms with Crippen molar-refractivity contribution in [3.63, 3.8) is 0 Å². The molecule has 23 heavy (non-hydrogen) atoms. The van der Waals surface area contributed by atoms with Gasteiger partial charge in [-0.25, -0.2) is 0 Å². The maximum Gasteiger partial charge on any atom is 0.0894 e. The average molecular weight is 331 g/mol. The van der Waals surface area contributed by atoms with Crippen molar-refractivity contribution in [2.45, 2.75) is 129 Å². The lowest BCUT2D eigenvalue weighted by Gasteiger charge is -2.10. The van der Waals surface area contributed by atoms with Crippen LogP contribution in [-0.2, 0) is 0 Å². The van der Waals surface area contributed by atoms with Gasteiger partial charge in [-0.3, -0.25) is 4.39 Å². The molecule has 0 aliphatic rings. The van der Waals surface area contributed by atoms with Gasteiger partial charge in [-0.1, -0.05) is 103 Å². The molecule has 1 N–H and O–H groups in total. The molecule has 0 aromatic carbocycles. The van der Waals surface area contributed by atoms with Gasteiger partial charge in [0.25, 0.3) is 0 Å². The number of hydrogen-bond acceptors (Lipinski definition) is 1. The van der Waals surface area contributed by atoms with E-state index in [0.717, 1.165) is 38.5 Å². The topological polar surface area (TPSA) is 20.2 Å². The number of halogens is 1. The maximum atomic E-state index is 11.9. The molecular weight excluding hydrogens is 287 g/mol. The highest BCUT2D eigenvalue weighted by atomic mass is 19.1. The Balaban J connectivity index is 3.10. The van der Waals surface area contributed by atoms with Crippen molar-refractivity contribution < 1.29 is 9.50 Å². The Morgan fingerprint density at radius 1 is 0.565 bits per heavy atom. The van der Waals surface area contributed by atoms with Crippen molar-refractivity contribution in [2.24, 2.45) is 0 Å². The minimum absolute atomic E-state index is 0.102. The van der Waals surface area contributed by atoms with Crippen LogP contribution in [0.2, 0.25) is 0 Å². The van der Waals surface area contributed by atoms with Crippen LogP contribution in [0.25, 0.3) is 0 Å². The molecule has 0 heterocycles. The third kappa shape index (κ3) is 19.8. The lowest BCUT2D eigenvalue weighted by molar-refractivity contribution is 0.147. The predicted octanol–water partition coefficient (Wildman–Crippen LogP) is 7.36. The molecule has 0 aromatic heterocycles. The van der Waals surface area contributed by atoms with E-state index in [2.05, 4.69) is 6.92 Å². The summed E-state index contributed by atoms with van der Waals surface area (Å²) >= 11 is 0. The highest BCUT2D eigenvalue weighted by Crippen LogP contribution is 2.15. The van der Waals surface area contributed by atoms with Crippen LogP contribution in [0.1, 0.15) is 122 Å². The molecular formula is C21H43FO. The summed E-state index contributed by atoms with van der Waals surface area (Å²) in [5, 5.41) is 9.94. The van der Waals surface area contributed by atoms with Crippen molar-refractivity contribution in [3.05, 3.63) is 0 Å². The number of hydrogen-bond donors (Lipinski definition) is 1. The first-order chi connectivity index (χ1) is 11.3. The van der Waals surface area contributed by atoms with Gasteiger partial charge in [-0.05, 0) is 19.3 Å². The summed E-state index contributed by atoms with van der Waals surface area (Å²) < 4.78 is 11.9. The van der Waals surface area contributed by atoms with E-state index in [1.54, 1.807) is 0 Å². The van der Waals surface area contributed by atoms with Gasteiger partial charge in [-0.2, -0.15) is 0 Å². The zero-order valence-corrected chi connectivity index (χ0v) is 15.8. The molecule has 0 aliphatic heterocycles. The molecule has 0 fully saturated rings. The van der Waals surface area contributed by atoms with Crippen LogP contribution >= 0.6 is 0 Å². The molecule has 2 heteroatoms. The van der Waals surface area contributed by atoms with Crippen LogP contribution in [0.15, 0.2) is 0 Å². The summed E-state index contributed by atoms with van der Waals surface area (Å²) in [6, 6.07) is 0. The lowest BCUT2D eigenvalue weighted by Crippen LogP contribution is -2.05. The second-order valence-corrected chi connectivity index (χ2v) is 7.22. The minimum Gasteiger partial charge on any atom is -0.393 e. The SMILES string of the molecule is CCCCCCCCCCCCCC(O)CCCCCCCF. The molecule has 0 saturated carbocycles. The molecule has 0 spiro atoms. The van der Waals surface area contributed by atoms with Crippen molar-refractivity contribution in [3.8, 4) is 0 Å². The van der Waals surface area contributed by atoms with Gasteiger partial charge in [0.05, 0.1) is 12.8 Å². The summed E-state index contributed by atoms with van der Waals surface area (Å²) in [6.45, 7) is 2.09. The van der Waals surface area contributed by atoms with Gasteiger partial charge in [0, 0.05) is 0 Å². The van der Waals surface area contributed by atoms with E-state index in [1.807, 2.05) is 0 Å². The Labute approximate surface area is 145 Å². The molecule has 140 valence electrons. The fourth-order valence-electron chi connectivity index (χ4n) is 3.19. The van der Waals surface area contributed by atoms with Crippen molar-refractivity contribution >= 4 is 0 Å². The minimum atomic E-state index is -0.179. The average Bonchev–Trinajstić information content (AvgIpc) is 2.56. The van der Waals surface area contributed by atoms with Crippen molar-refractivity contribution in [1.82, 2.24) is 0 Å².